The Kier molecular flexibility index (Phi) is 4.82. The second-order valence-electron chi connectivity index (χ2n) is 4.15. The number of benzene rings is 1. The summed E-state index contributed by atoms with van der Waals surface area (Å²) in [6.07, 6.45) is 0. The fourth-order valence-corrected chi connectivity index (χ4v) is 2.48. The van der Waals surface area contributed by atoms with E-state index >= 15 is 0 Å². The highest BCUT2D eigenvalue weighted by Gasteiger charge is 2.09. The number of aliphatic hydroxyl groups is 1. The van der Waals surface area contributed by atoms with E-state index in [4.69, 9.17) is 5.11 Å². The largest absolute Gasteiger partial charge is 0.508 e. The highest BCUT2D eigenvalue weighted by molar-refractivity contribution is 7.12. The summed E-state index contributed by atoms with van der Waals surface area (Å²) in [5.74, 6) is 4.61. The molecule has 5 nitrogen and oxygen atoms in total. The quantitative estimate of drug-likeness (QED) is 0.646. The molecule has 0 aliphatic heterocycles. The van der Waals surface area contributed by atoms with Crippen LogP contribution in [0.1, 0.15) is 20.1 Å². The van der Waals surface area contributed by atoms with Crippen LogP contribution in [0.4, 0.5) is 0 Å². The Morgan fingerprint density at radius 3 is 2.57 bits per heavy atom. The fraction of sp³-hybridized carbons (Fsp3) is 0.133. The van der Waals surface area contributed by atoms with Crippen molar-refractivity contribution < 1.29 is 20.1 Å². The van der Waals surface area contributed by atoms with Crippen LogP contribution >= 0.6 is 11.3 Å². The van der Waals surface area contributed by atoms with E-state index in [0.717, 1.165) is 15.8 Å². The van der Waals surface area contributed by atoms with E-state index in [2.05, 4.69) is 17.2 Å². The molecule has 0 saturated heterocycles. The molecular formula is C15H13NO4S. The maximum Gasteiger partial charge on any atom is 0.251 e. The van der Waals surface area contributed by atoms with Crippen LogP contribution < -0.4 is 5.32 Å². The molecule has 0 aliphatic rings. The van der Waals surface area contributed by atoms with Gasteiger partial charge in [-0.1, -0.05) is 11.8 Å². The van der Waals surface area contributed by atoms with Crippen LogP contribution in [0.2, 0.25) is 0 Å². The van der Waals surface area contributed by atoms with Crippen LogP contribution in [0.5, 0.6) is 11.5 Å². The molecule has 0 bridgehead atoms. The molecule has 0 spiro atoms. The molecule has 0 radical (unpaired) electrons. The minimum absolute atomic E-state index is 0.169. The Morgan fingerprint density at radius 2 is 1.90 bits per heavy atom. The van der Waals surface area contributed by atoms with Crippen molar-refractivity contribution in [2.45, 2.75) is 6.54 Å². The lowest BCUT2D eigenvalue weighted by molar-refractivity contribution is 0.0950. The van der Waals surface area contributed by atoms with Crippen LogP contribution in [0, 0.1) is 11.8 Å². The average molecular weight is 303 g/mol. The molecule has 0 fully saturated rings. The second-order valence-corrected chi connectivity index (χ2v) is 5.31. The third-order valence-corrected chi connectivity index (χ3v) is 3.54. The van der Waals surface area contributed by atoms with E-state index in [1.54, 1.807) is 0 Å². The van der Waals surface area contributed by atoms with Crippen LogP contribution in [-0.4, -0.2) is 27.8 Å². The topological polar surface area (TPSA) is 89.8 Å². The Hall–Kier alpha value is -2.49. The molecule has 1 amide bonds. The first kappa shape index (κ1) is 14.9. The maximum atomic E-state index is 11.9. The van der Waals surface area contributed by atoms with Crippen molar-refractivity contribution in [3.63, 3.8) is 0 Å². The third-order valence-electron chi connectivity index (χ3n) is 2.54. The van der Waals surface area contributed by atoms with Crippen molar-refractivity contribution in [3.05, 3.63) is 45.6 Å². The Morgan fingerprint density at radius 1 is 1.19 bits per heavy atom. The van der Waals surface area contributed by atoms with E-state index in [1.807, 2.05) is 12.1 Å². The minimum Gasteiger partial charge on any atom is -0.508 e. The van der Waals surface area contributed by atoms with Gasteiger partial charge in [0.1, 0.15) is 18.1 Å². The minimum atomic E-state index is -0.391. The molecular weight excluding hydrogens is 290 g/mol. The molecule has 1 aromatic carbocycles. The summed E-state index contributed by atoms with van der Waals surface area (Å²) in [5.41, 5.74) is 0.185. The lowest BCUT2D eigenvalue weighted by Crippen LogP contribution is -2.22. The summed E-state index contributed by atoms with van der Waals surface area (Å²) >= 11 is 1.42. The number of carbonyl (C=O) groups is 1. The normalized spacial score (nSPS) is 9.76. The van der Waals surface area contributed by atoms with Crippen molar-refractivity contribution in [1.82, 2.24) is 5.32 Å². The zero-order valence-electron chi connectivity index (χ0n) is 11.0. The average Bonchev–Trinajstić information content (AvgIpc) is 2.89. The monoisotopic (exact) mass is 303 g/mol. The number of amides is 1. The van der Waals surface area contributed by atoms with Crippen molar-refractivity contribution in [3.8, 4) is 23.3 Å². The van der Waals surface area contributed by atoms with E-state index in [1.165, 1.54) is 23.5 Å². The van der Waals surface area contributed by atoms with Crippen LogP contribution in [0.3, 0.4) is 0 Å². The summed E-state index contributed by atoms with van der Waals surface area (Å²) in [6.45, 7) is 0.131. The van der Waals surface area contributed by atoms with Crippen molar-refractivity contribution in [1.29, 1.82) is 0 Å². The molecule has 2 aromatic rings. The van der Waals surface area contributed by atoms with Gasteiger partial charge in [0.25, 0.3) is 5.91 Å². The molecule has 1 heterocycles. The molecule has 0 aliphatic carbocycles. The van der Waals surface area contributed by atoms with Gasteiger partial charge in [-0.15, -0.1) is 11.3 Å². The number of phenols is 2. The first-order chi connectivity index (χ1) is 10.1. The van der Waals surface area contributed by atoms with E-state index in [-0.39, 0.29) is 23.7 Å². The molecule has 0 unspecified atom stereocenters. The summed E-state index contributed by atoms with van der Waals surface area (Å²) < 4.78 is 0. The van der Waals surface area contributed by atoms with Crippen LogP contribution in [0.25, 0.3) is 0 Å². The van der Waals surface area contributed by atoms with E-state index in [0.29, 0.717) is 6.54 Å². The number of hydrogen-bond acceptors (Lipinski definition) is 5. The number of aromatic hydroxyl groups is 2. The van der Waals surface area contributed by atoms with Gasteiger partial charge in [0.15, 0.2) is 0 Å². The fourth-order valence-electron chi connectivity index (χ4n) is 1.66. The number of thiophene rings is 1. The van der Waals surface area contributed by atoms with Gasteiger partial charge in [0.05, 0.1) is 11.4 Å². The number of aliphatic hydroxyl groups excluding tert-OH is 1. The maximum absolute atomic E-state index is 11.9. The molecule has 0 atom stereocenters. The summed E-state index contributed by atoms with van der Waals surface area (Å²) in [5, 5.41) is 30.0. The lowest BCUT2D eigenvalue weighted by Gasteiger charge is -2.05. The summed E-state index contributed by atoms with van der Waals surface area (Å²) in [7, 11) is 0. The standard InChI is InChI=1S/C15H13NO4S/c17-5-1-2-13-3-4-14(21-13)9-16-15(20)10-6-11(18)8-12(19)7-10/h3-4,6-8,17-19H,5,9H2,(H,16,20). The van der Waals surface area contributed by atoms with E-state index < -0.39 is 5.91 Å². The van der Waals surface area contributed by atoms with Gasteiger partial charge in [0, 0.05) is 16.5 Å². The first-order valence-electron chi connectivity index (χ1n) is 6.08. The predicted octanol–water partition coefficient (Wildman–Crippen LogP) is 1.43. The van der Waals surface area contributed by atoms with Crippen LogP contribution in [0.15, 0.2) is 30.3 Å². The molecule has 1 aromatic heterocycles. The SMILES string of the molecule is O=C(NCc1ccc(C#CCO)s1)c1cc(O)cc(O)c1. The molecule has 2 rings (SSSR count). The molecule has 0 saturated carbocycles. The molecule has 21 heavy (non-hydrogen) atoms. The van der Waals surface area contributed by atoms with Crippen molar-refractivity contribution in [2.24, 2.45) is 0 Å². The van der Waals surface area contributed by atoms with Gasteiger partial charge < -0.3 is 20.6 Å². The van der Waals surface area contributed by atoms with Crippen molar-refractivity contribution >= 4 is 17.2 Å². The number of nitrogens with one attached hydrogen (secondary N) is 1. The predicted molar refractivity (Wildman–Crippen MR) is 79.2 cm³/mol. The second kappa shape index (κ2) is 6.79. The molecule has 6 heteroatoms. The Labute approximate surface area is 125 Å². The number of hydrogen-bond donors (Lipinski definition) is 4. The lowest BCUT2D eigenvalue weighted by atomic mass is 10.2. The highest BCUT2D eigenvalue weighted by Crippen LogP contribution is 2.20. The van der Waals surface area contributed by atoms with Crippen LogP contribution in [-0.2, 0) is 6.54 Å². The first-order valence-corrected chi connectivity index (χ1v) is 6.90. The molecule has 4 N–H and O–H groups in total. The summed E-state index contributed by atoms with van der Waals surface area (Å²) in [6, 6.07) is 7.37. The van der Waals surface area contributed by atoms with Gasteiger partial charge in [-0.3, -0.25) is 4.79 Å². The number of phenolic OH excluding ortho intramolecular Hbond substituents is 2. The smallest absolute Gasteiger partial charge is 0.251 e. The number of rotatable bonds is 3. The Bertz CT molecular complexity index is 692. The zero-order valence-corrected chi connectivity index (χ0v) is 11.8. The third kappa shape index (κ3) is 4.24. The van der Waals surface area contributed by atoms with Gasteiger partial charge in [0.2, 0.25) is 0 Å². The highest BCUT2D eigenvalue weighted by atomic mass is 32.1. The van der Waals surface area contributed by atoms with Gasteiger partial charge in [-0.05, 0) is 24.3 Å². The van der Waals surface area contributed by atoms with Gasteiger partial charge in [-0.25, -0.2) is 0 Å². The van der Waals surface area contributed by atoms with Gasteiger partial charge in [-0.2, -0.15) is 0 Å². The van der Waals surface area contributed by atoms with Gasteiger partial charge >= 0.3 is 0 Å². The van der Waals surface area contributed by atoms with Crippen molar-refractivity contribution in [2.75, 3.05) is 6.61 Å². The van der Waals surface area contributed by atoms with E-state index in [9.17, 15) is 15.0 Å². The summed E-state index contributed by atoms with van der Waals surface area (Å²) in [4.78, 5) is 13.6. The Balaban J connectivity index is 1.99. The zero-order chi connectivity index (χ0) is 15.2. The number of carbonyl (C=O) groups excluding carboxylic acids is 1. The molecule has 108 valence electrons.